The second kappa shape index (κ2) is 7.38. The van der Waals surface area contributed by atoms with E-state index in [9.17, 15) is 14.4 Å². The van der Waals surface area contributed by atoms with Gasteiger partial charge in [0.25, 0.3) is 0 Å². The maximum absolute atomic E-state index is 11.7. The Hall–Kier alpha value is -1.43. The van der Waals surface area contributed by atoms with E-state index in [4.69, 9.17) is 10.5 Å². The molecular formula is C14H23N2O4. The molecule has 0 aromatic rings. The SMILES string of the molecule is CC(CC[CH]C(=O)N[C@@H]1C(=O)CO[C@H]1C)C(C)C(N)=O. The van der Waals surface area contributed by atoms with E-state index >= 15 is 0 Å². The van der Waals surface area contributed by atoms with Gasteiger partial charge < -0.3 is 15.8 Å². The highest BCUT2D eigenvalue weighted by molar-refractivity contribution is 5.94. The summed E-state index contributed by atoms with van der Waals surface area (Å²) in [6.45, 7) is 5.52. The number of ether oxygens (including phenoxy) is 1. The second-order valence-corrected chi connectivity index (χ2v) is 5.42. The number of amides is 2. The number of carbonyl (C=O) groups excluding carboxylic acids is 3. The molecule has 6 nitrogen and oxygen atoms in total. The van der Waals surface area contributed by atoms with Crippen LogP contribution in [0.25, 0.3) is 0 Å². The van der Waals surface area contributed by atoms with Crippen LogP contribution in [-0.4, -0.2) is 36.4 Å². The topological polar surface area (TPSA) is 98.5 Å². The zero-order valence-electron chi connectivity index (χ0n) is 12.2. The Kier molecular flexibility index (Phi) is 6.13. The van der Waals surface area contributed by atoms with Gasteiger partial charge in [0, 0.05) is 12.3 Å². The third kappa shape index (κ3) is 4.59. The summed E-state index contributed by atoms with van der Waals surface area (Å²) in [5.74, 6) is -0.803. The Morgan fingerprint density at radius 3 is 2.65 bits per heavy atom. The molecule has 0 aliphatic carbocycles. The number of hydrogen-bond donors (Lipinski definition) is 2. The van der Waals surface area contributed by atoms with Crippen LogP contribution in [0.2, 0.25) is 0 Å². The van der Waals surface area contributed by atoms with Crippen molar-refractivity contribution in [1.29, 1.82) is 0 Å². The first-order valence-electron chi connectivity index (χ1n) is 6.90. The molecule has 0 saturated carbocycles. The van der Waals surface area contributed by atoms with Gasteiger partial charge in [-0.1, -0.05) is 13.8 Å². The molecule has 113 valence electrons. The zero-order valence-corrected chi connectivity index (χ0v) is 12.2. The Labute approximate surface area is 119 Å². The van der Waals surface area contributed by atoms with Gasteiger partial charge in [-0.25, -0.2) is 0 Å². The fourth-order valence-corrected chi connectivity index (χ4v) is 2.08. The van der Waals surface area contributed by atoms with Crippen LogP contribution in [0.4, 0.5) is 0 Å². The highest BCUT2D eigenvalue weighted by atomic mass is 16.5. The molecule has 4 atom stereocenters. The molecule has 0 aromatic heterocycles. The van der Waals surface area contributed by atoms with Gasteiger partial charge in [-0.3, -0.25) is 14.4 Å². The van der Waals surface area contributed by atoms with Gasteiger partial charge in [-0.15, -0.1) is 0 Å². The third-order valence-corrected chi connectivity index (χ3v) is 3.86. The molecule has 1 saturated heterocycles. The van der Waals surface area contributed by atoms with E-state index in [-0.39, 0.29) is 42.1 Å². The summed E-state index contributed by atoms with van der Waals surface area (Å²) in [5.41, 5.74) is 5.23. The number of nitrogens with two attached hydrogens (primary N) is 1. The van der Waals surface area contributed by atoms with Gasteiger partial charge in [-0.05, 0) is 25.7 Å². The maximum Gasteiger partial charge on any atom is 0.224 e. The monoisotopic (exact) mass is 283 g/mol. The molecule has 1 radical (unpaired) electrons. The molecule has 2 amide bonds. The van der Waals surface area contributed by atoms with Crippen LogP contribution in [0.5, 0.6) is 0 Å². The average molecular weight is 283 g/mol. The summed E-state index contributed by atoms with van der Waals surface area (Å²) in [6, 6.07) is -0.555. The van der Waals surface area contributed by atoms with Crippen molar-refractivity contribution < 1.29 is 19.1 Å². The fourth-order valence-electron chi connectivity index (χ4n) is 2.08. The largest absolute Gasteiger partial charge is 0.369 e. The van der Waals surface area contributed by atoms with Crippen molar-refractivity contribution >= 4 is 17.6 Å². The summed E-state index contributed by atoms with van der Waals surface area (Å²) in [5, 5.41) is 2.64. The van der Waals surface area contributed by atoms with Crippen molar-refractivity contribution in [3.05, 3.63) is 6.42 Å². The minimum atomic E-state index is -0.555. The molecule has 0 bridgehead atoms. The Bertz CT molecular complexity index is 383. The summed E-state index contributed by atoms with van der Waals surface area (Å²) in [6.07, 6.45) is 2.46. The lowest BCUT2D eigenvalue weighted by Crippen LogP contribution is -2.43. The fraction of sp³-hybridized carbons (Fsp3) is 0.714. The molecule has 6 heteroatoms. The van der Waals surface area contributed by atoms with Gasteiger partial charge in [-0.2, -0.15) is 0 Å². The zero-order chi connectivity index (χ0) is 15.3. The van der Waals surface area contributed by atoms with E-state index in [0.717, 1.165) is 0 Å². The highest BCUT2D eigenvalue weighted by Gasteiger charge is 2.33. The van der Waals surface area contributed by atoms with E-state index in [1.807, 2.05) is 6.92 Å². The van der Waals surface area contributed by atoms with Gasteiger partial charge in [0.2, 0.25) is 11.8 Å². The van der Waals surface area contributed by atoms with Crippen LogP contribution in [0.15, 0.2) is 0 Å². The molecule has 1 aliphatic heterocycles. The smallest absolute Gasteiger partial charge is 0.224 e. The van der Waals surface area contributed by atoms with Gasteiger partial charge in [0.15, 0.2) is 5.78 Å². The summed E-state index contributed by atoms with van der Waals surface area (Å²) < 4.78 is 5.15. The minimum Gasteiger partial charge on any atom is -0.369 e. The lowest BCUT2D eigenvalue weighted by Gasteiger charge is -2.17. The number of nitrogens with one attached hydrogen (secondary N) is 1. The van der Waals surface area contributed by atoms with Gasteiger partial charge in [0.05, 0.1) is 6.10 Å². The molecule has 1 rings (SSSR count). The Morgan fingerprint density at radius 1 is 1.50 bits per heavy atom. The Morgan fingerprint density at radius 2 is 2.15 bits per heavy atom. The van der Waals surface area contributed by atoms with Crippen LogP contribution in [0.1, 0.15) is 33.6 Å². The van der Waals surface area contributed by atoms with Crippen LogP contribution in [-0.2, 0) is 19.1 Å². The molecule has 1 heterocycles. The van der Waals surface area contributed by atoms with Gasteiger partial charge >= 0.3 is 0 Å². The quantitative estimate of drug-likeness (QED) is 0.697. The van der Waals surface area contributed by atoms with E-state index in [1.165, 1.54) is 6.42 Å². The second-order valence-electron chi connectivity index (χ2n) is 5.42. The van der Waals surface area contributed by atoms with Crippen molar-refractivity contribution in [2.75, 3.05) is 6.61 Å². The lowest BCUT2D eigenvalue weighted by molar-refractivity contribution is -0.124. The van der Waals surface area contributed by atoms with Crippen molar-refractivity contribution in [3.63, 3.8) is 0 Å². The number of Topliss-reactive ketones (excluding diaryl/α,β-unsaturated/α-hetero) is 1. The van der Waals surface area contributed by atoms with Crippen molar-refractivity contribution in [1.82, 2.24) is 5.32 Å². The number of ketones is 1. The normalized spacial score (nSPS) is 25.2. The van der Waals surface area contributed by atoms with E-state index in [1.54, 1.807) is 13.8 Å². The average Bonchev–Trinajstić information content (AvgIpc) is 2.69. The van der Waals surface area contributed by atoms with E-state index < -0.39 is 6.04 Å². The Balaban J connectivity index is 2.27. The lowest BCUT2D eigenvalue weighted by atomic mass is 9.90. The molecule has 3 N–H and O–H groups in total. The molecule has 0 spiro atoms. The molecule has 20 heavy (non-hydrogen) atoms. The van der Waals surface area contributed by atoms with E-state index in [0.29, 0.717) is 12.8 Å². The third-order valence-electron chi connectivity index (χ3n) is 3.86. The first-order chi connectivity index (χ1) is 9.32. The highest BCUT2D eigenvalue weighted by Crippen LogP contribution is 2.17. The van der Waals surface area contributed by atoms with Crippen molar-refractivity contribution in [2.45, 2.75) is 45.8 Å². The van der Waals surface area contributed by atoms with Crippen molar-refractivity contribution in [2.24, 2.45) is 17.6 Å². The number of primary amides is 1. The standard InChI is InChI=1S/C14H23N2O4/c1-8(9(2)14(15)19)5-4-6-12(18)16-13-10(3)20-7-11(13)17/h6,8-10,13H,4-5,7H2,1-3H3,(H2,15,19)(H,16,18)/t8?,9?,10-,13-/m0/s1. The van der Waals surface area contributed by atoms with Crippen LogP contribution >= 0.6 is 0 Å². The molecule has 1 aliphatic rings. The van der Waals surface area contributed by atoms with Crippen LogP contribution in [0.3, 0.4) is 0 Å². The molecule has 1 fully saturated rings. The minimum absolute atomic E-state index is 0.0548. The van der Waals surface area contributed by atoms with Crippen molar-refractivity contribution in [3.8, 4) is 0 Å². The number of hydrogen-bond acceptors (Lipinski definition) is 4. The first-order valence-corrected chi connectivity index (χ1v) is 6.90. The predicted molar refractivity (Wildman–Crippen MR) is 73.4 cm³/mol. The molecular weight excluding hydrogens is 260 g/mol. The predicted octanol–water partition coefficient (Wildman–Crippen LogP) is 0.201. The summed E-state index contributed by atoms with van der Waals surface area (Å²) >= 11 is 0. The first kappa shape index (κ1) is 16.6. The molecule has 0 aromatic carbocycles. The molecule has 2 unspecified atom stereocenters. The summed E-state index contributed by atoms with van der Waals surface area (Å²) in [7, 11) is 0. The number of carbonyl (C=O) groups is 3. The van der Waals surface area contributed by atoms with Crippen LogP contribution < -0.4 is 11.1 Å². The number of rotatable bonds is 7. The summed E-state index contributed by atoms with van der Waals surface area (Å²) in [4.78, 5) is 34.2. The van der Waals surface area contributed by atoms with E-state index in [2.05, 4.69) is 5.32 Å². The van der Waals surface area contributed by atoms with Gasteiger partial charge in [0.1, 0.15) is 12.6 Å². The van der Waals surface area contributed by atoms with Crippen LogP contribution in [0, 0.1) is 18.3 Å². The maximum atomic E-state index is 11.7.